The van der Waals surface area contributed by atoms with Crippen molar-refractivity contribution in [2.45, 2.75) is 13.8 Å². The molecule has 0 atom stereocenters. The van der Waals surface area contributed by atoms with Crippen molar-refractivity contribution in [2.75, 3.05) is 12.0 Å². The van der Waals surface area contributed by atoms with Gasteiger partial charge in [-0.3, -0.25) is 15.6 Å². The number of ether oxygens (including phenoxy) is 1. The number of hydrogen-bond acceptors (Lipinski definition) is 7. The molecule has 2 N–H and O–H groups in total. The van der Waals surface area contributed by atoms with Crippen molar-refractivity contribution in [3.63, 3.8) is 0 Å². The van der Waals surface area contributed by atoms with Crippen LogP contribution in [0.25, 0.3) is 11.1 Å². The highest BCUT2D eigenvalue weighted by Gasteiger charge is 2.23. The first-order valence-corrected chi connectivity index (χ1v) is 7.64. The zero-order valence-electron chi connectivity index (χ0n) is 13.7. The second-order valence-corrected chi connectivity index (χ2v) is 5.10. The Bertz CT molecular complexity index is 921. The highest BCUT2D eigenvalue weighted by atomic mass is 16.5. The molecular weight excluding hydrogens is 324 g/mol. The van der Waals surface area contributed by atoms with Crippen LogP contribution in [0.1, 0.15) is 33.4 Å². The van der Waals surface area contributed by atoms with Crippen LogP contribution in [0.4, 0.5) is 5.82 Å². The summed E-state index contributed by atoms with van der Waals surface area (Å²) in [6.45, 7) is 3.58. The Morgan fingerprint density at radius 2 is 1.96 bits per heavy atom. The first kappa shape index (κ1) is 16.4. The average Bonchev–Trinajstić information content (AvgIpc) is 2.97. The maximum atomic E-state index is 12.2. The molecule has 0 aliphatic heterocycles. The lowest BCUT2D eigenvalue weighted by Gasteiger charge is -2.09. The summed E-state index contributed by atoms with van der Waals surface area (Å²) in [5, 5.41) is 0.354. The van der Waals surface area contributed by atoms with Crippen LogP contribution in [0.15, 0.2) is 41.1 Å². The average molecular weight is 340 g/mol. The molecule has 1 aromatic carbocycles. The van der Waals surface area contributed by atoms with E-state index in [2.05, 4.69) is 20.8 Å². The van der Waals surface area contributed by atoms with Crippen LogP contribution in [-0.4, -0.2) is 28.5 Å². The molecule has 2 aromatic heterocycles. The molecule has 128 valence electrons. The number of carbonyl (C=O) groups is 2. The smallest absolute Gasteiger partial charge is 0.342 e. The van der Waals surface area contributed by atoms with Gasteiger partial charge in [0.1, 0.15) is 17.7 Å². The number of nitrogens with zero attached hydrogens (tertiary/aromatic N) is 2. The van der Waals surface area contributed by atoms with Gasteiger partial charge in [-0.15, -0.1) is 0 Å². The van der Waals surface area contributed by atoms with E-state index in [4.69, 9.17) is 9.15 Å². The zero-order chi connectivity index (χ0) is 17.8. The molecule has 0 unspecified atom stereocenters. The second kappa shape index (κ2) is 7.00. The Balaban J connectivity index is 1.91. The third-order valence-corrected chi connectivity index (χ3v) is 3.47. The molecule has 0 aliphatic rings. The number of furan rings is 1. The SMILES string of the molecule is CCOC(=O)c1c(C)oc2ncnc(NNC(=O)c3ccccc3)c12. The minimum Gasteiger partial charge on any atom is -0.462 e. The minimum atomic E-state index is -0.536. The van der Waals surface area contributed by atoms with Crippen molar-refractivity contribution in [3.05, 3.63) is 53.5 Å². The number of benzene rings is 1. The predicted molar refractivity (Wildman–Crippen MR) is 90.0 cm³/mol. The van der Waals surface area contributed by atoms with E-state index in [9.17, 15) is 9.59 Å². The van der Waals surface area contributed by atoms with Crippen LogP contribution in [0.5, 0.6) is 0 Å². The topological polar surface area (TPSA) is 106 Å². The first-order chi connectivity index (χ1) is 12.1. The lowest BCUT2D eigenvalue weighted by Crippen LogP contribution is -2.30. The Morgan fingerprint density at radius 3 is 2.68 bits per heavy atom. The van der Waals surface area contributed by atoms with Gasteiger partial charge in [-0.1, -0.05) is 18.2 Å². The molecule has 0 radical (unpaired) electrons. The lowest BCUT2D eigenvalue weighted by atomic mass is 10.2. The van der Waals surface area contributed by atoms with E-state index < -0.39 is 5.97 Å². The van der Waals surface area contributed by atoms with Gasteiger partial charge in [0.05, 0.1) is 12.0 Å². The molecular formula is C17H16N4O4. The summed E-state index contributed by atoms with van der Waals surface area (Å²) in [5.41, 5.74) is 6.20. The number of carbonyl (C=O) groups excluding carboxylic acids is 2. The van der Waals surface area contributed by atoms with E-state index in [0.29, 0.717) is 16.7 Å². The van der Waals surface area contributed by atoms with Gasteiger partial charge in [0.2, 0.25) is 5.71 Å². The van der Waals surface area contributed by atoms with Crippen molar-refractivity contribution < 1.29 is 18.7 Å². The van der Waals surface area contributed by atoms with Gasteiger partial charge in [-0.2, -0.15) is 0 Å². The number of aromatic nitrogens is 2. The van der Waals surface area contributed by atoms with E-state index in [1.807, 2.05) is 6.07 Å². The number of nitrogens with one attached hydrogen (secondary N) is 2. The Morgan fingerprint density at radius 1 is 1.20 bits per heavy atom. The molecule has 0 fully saturated rings. The van der Waals surface area contributed by atoms with Crippen molar-refractivity contribution in [3.8, 4) is 0 Å². The number of esters is 1. The number of hydrogen-bond donors (Lipinski definition) is 2. The van der Waals surface area contributed by atoms with Gasteiger partial charge < -0.3 is 9.15 Å². The van der Waals surface area contributed by atoms with Crippen molar-refractivity contribution in [1.82, 2.24) is 15.4 Å². The van der Waals surface area contributed by atoms with Gasteiger partial charge in [0.15, 0.2) is 5.82 Å². The van der Waals surface area contributed by atoms with E-state index in [-0.39, 0.29) is 29.6 Å². The molecule has 0 spiro atoms. The largest absolute Gasteiger partial charge is 0.462 e. The number of anilines is 1. The van der Waals surface area contributed by atoms with Crippen molar-refractivity contribution >= 4 is 28.8 Å². The molecule has 2 heterocycles. The first-order valence-electron chi connectivity index (χ1n) is 7.64. The van der Waals surface area contributed by atoms with E-state index >= 15 is 0 Å². The quantitative estimate of drug-likeness (QED) is 0.543. The third kappa shape index (κ3) is 3.27. The summed E-state index contributed by atoms with van der Waals surface area (Å²) < 4.78 is 10.5. The summed E-state index contributed by atoms with van der Waals surface area (Å²) >= 11 is 0. The standard InChI is InChI=1S/C17H16N4O4/c1-3-24-17(23)12-10(2)25-16-13(12)14(18-9-19-16)20-21-15(22)11-7-5-4-6-8-11/h4-9H,3H2,1-2H3,(H,21,22)(H,18,19,20). The normalized spacial score (nSPS) is 10.5. The van der Waals surface area contributed by atoms with Crippen LogP contribution in [-0.2, 0) is 4.74 Å². The van der Waals surface area contributed by atoms with Gasteiger partial charge >= 0.3 is 5.97 Å². The van der Waals surface area contributed by atoms with Gasteiger partial charge in [-0.25, -0.2) is 14.8 Å². The maximum Gasteiger partial charge on any atom is 0.342 e. The lowest BCUT2D eigenvalue weighted by molar-refractivity contribution is 0.0526. The Hall–Kier alpha value is -3.42. The van der Waals surface area contributed by atoms with E-state index in [0.717, 1.165) is 0 Å². The van der Waals surface area contributed by atoms with Crippen LogP contribution >= 0.6 is 0 Å². The molecule has 0 bridgehead atoms. The molecule has 8 heteroatoms. The van der Waals surface area contributed by atoms with Gasteiger partial charge in [0, 0.05) is 5.56 Å². The van der Waals surface area contributed by atoms with Gasteiger partial charge in [0.25, 0.3) is 5.91 Å². The molecule has 3 rings (SSSR count). The zero-order valence-corrected chi connectivity index (χ0v) is 13.7. The fourth-order valence-corrected chi connectivity index (χ4v) is 2.37. The minimum absolute atomic E-state index is 0.228. The summed E-state index contributed by atoms with van der Waals surface area (Å²) in [6, 6.07) is 8.70. The number of rotatable bonds is 5. The maximum absolute atomic E-state index is 12.2. The highest BCUT2D eigenvalue weighted by molar-refractivity contribution is 6.08. The summed E-state index contributed by atoms with van der Waals surface area (Å²) in [5.74, 6) is -0.267. The van der Waals surface area contributed by atoms with Crippen LogP contribution < -0.4 is 10.9 Å². The van der Waals surface area contributed by atoms with Crippen LogP contribution in [0.2, 0.25) is 0 Å². The number of amides is 1. The Kier molecular flexibility index (Phi) is 4.60. The summed E-state index contributed by atoms with van der Waals surface area (Å²) in [6.07, 6.45) is 1.28. The van der Waals surface area contributed by atoms with Crippen molar-refractivity contribution in [2.24, 2.45) is 0 Å². The summed E-state index contributed by atoms with van der Waals surface area (Å²) in [7, 11) is 0. The van der Waals surface area contributed by atoms with Crippen molar-refractivity contribution in [1.29, 1.82) is 0 Å². The molecule has 1 amide bonds. The summed E-state index contributed by atoms with van der Waals surface area (Å²) in [4.78, 5) is 32.4. The fourth-order valence-electron chi connectivity index (χ4n) is 2.37. The Labute approximate surface area is 143 Å². The van der Waals surface area contributed by atoms with E-state index in [1.165, 1.54) is 6.33 Å². The predicted octanol–water partition coefficient (Wildman–Crippen LogP) is 2.46. The number of aryl methyl sites for hydroxylation is 1. The molecule has 0 saturated heterocycles. The number of fused-ring (bicyclic) bond motifs is 1. The molecule has 0 saturated carbocycles. The van der Waals surface area contributed by atoms with E-state index in [1.54, 1.807) is 38.1 Å². The van der Waals surface area contributed by atoms with Crippen LogP contribution in [0.3, 0.4) is 0 Å². The number of hydrazine groups is 1. The molecule has 25 heavy (non-hydrogen) atoms. The van der Waals surface area contributed by atoms with Crippen LogP contribution in [0, 0.1) is 6.92 Å². The molecule has 8 nitrogen and oxygen atoms in total. The monoisotopic (exact) mass is 340 g/mol. The fraction of sp³-hybridized carbons (Fsp3) is 0.176. The molecule has 0 aliphatic carbocycles. The third-order valence-electron chi connectivity index (χ3n) is 3.47. The highest BCUT2D eigenvalue weighted by Crippen LogP contribution is 2.29. The molecule has 3 aromatic rings. The second-order valence-electron chi connectivity index (χ2n) is 5.10. The van der Waals surface area contributed by atoms with Gasteiger partial charge in [-0.05, 0) is 26.0 Å².